The van der Waals surface area contributed by atoms with Crippen LogP contribution in [-0.4, -0.2) is 22.8 Å². The second-order valence-corrected chi connectivity index (χ2v) is 5.86. The van der Waals surface area contributed by atoms with Gasteiger partial charge in [0, 0.05) is 17.8 Å². The molecule has 0 bridgehead atoms. The Balaban J connectivity index is 1.65. The lowest BCUT2D eigenvalue weighted by Gasteiger charge is -2.24. The van der Waals surface area contributed by atoms with E-state index in [2.05, 4.69) is 17.2 Å². The SMILES string of the molecule is CC(CNC1CCCCC1)Sc1ncco1. The fourth-order valence-electron chi connectivity index (χ4n) is 2.12. The summed E-state index contributed by atoms with van der Waals surface area (Å²) in [5.74, 6) is 0. The first kappa shape index (κ1) is 12.0. The van der Waals surface area contributed by atoms with Gasteiger partial charge in [0.15, 0.2) is 0 Å². The molecule has 1 aromatic rings. The van der Waals surface area contributed by atoms with Gasteiger partial charge in [-0.1, -0.05) is 37.9 Å². The van der Waals surface area contributed by atoms with Crippen molar-refractivity contribution in [2.45, 2.75) is 55.5 Å². The fourth-order valence-corrected chi connectivity index (χ4v) is 2.88. The zero-order valence-electron chi connectivity index (χ0n) is 9.82. The van der Waals surface area contributed by atoms with Crippen LogP contribution in [0.5, 0.6) is 0 Å². The molecule has 0 saturated heterocycles. The van der Waals surface area contributed by atoms with Gasteiger partial charge >= 0.3 is 0 Å². The molecule has 1 fully saturated rings. The highest BCUT2D eigenvalue weighted by atomic mass is 32.2. The van der Waals surface area contributed by atoms with Crippen molar-refractivity contribution in [1.29, 1.82) is 0 Å². The first-order valence-corrected chi connectivity index (χ1v) is 7.02. The van der Waals surface area contributed by atoms with Gasteiger partial charge < -0.3 is 9.73 Å². The largest absolute Gasteiger partial charge is 0.440 e. The average Bonchev–Trinajstić information content (AvgIpc) is 2.81. The number of thioether (sulfide) groups is 1. The summed E-state index contributed by atoms with van der Waals surface area (Å²) in [4.78, 5) is 4.12. The minimum absolute atomic E-state index is 0.514. The third-order valence-electron chi connectivity index (χ3n) is 3.01. The van der Waals surface area contributed by atoms with E-state index in [1.165, 1.54) is 32.1 Å². The van der Waals surface area contributed by atoms with E-state index in [-0.39, 0.29) is 0 Å². The molecule has 0 amide bonds. The summed E-state index contributed by atoms with van der Waals surface area (Å²) < 4.78 is 5.22. The number of hydrogen-bond donors (Lipinski definition) is 1. The van der Waals surface area contributed by atoms with E-state index in [0.717, 1.165) is 17.8 Å². The van der Waals surface area contributed by atoms with E-state index >= 15 is 0 Å². The van der Waals surface area contributed by atoms with Gasteiger partial charge in [-0.3, -0.25) is 0 Å². The van der Waals surface area contributed by atoms with E-state index < -0.39 is 0 Å². The lowest BCUT2D eigenvalue weighted by atomic mass is 9.95. The maximum absolute atomic E-state index is 5.22. The van der Waals surface area contributed by atoms with Crippen molar-refractivity contribution in [2.24, 2.45) is 0 Å². The Labute approximate surface area is 101 Å². The maximum Gasteiger partial charge on any atom is 0.255 e. The van der Waals surface area contributed by atoms with Gasteiger partial charge in [0.25, 0.3) is 5.22 Å². The molecule has 1 aliphatic rings. The van der Waals surface area contributed by atoms with E-state index in [9.17, 15) is 0 Å². The molecule has 2 rings (SSSR count). The molecule has 0 spiro atoms. The predicted molar refractivity (Wildman–Crippen MR) is 66.7 cm³/mol. The molecule has 4 heteroatoms. The monoisotopic (exact) mass is 240 g/mol. The Morgan fingerprint density at radius 2 is 2.31 bits per heavy atom. The molecule has 0 radical (unpaired) electrons. The zero-order valence-corrected chi connectivity index (χ0v) is 10.6. The van der Waals surface area contributed by atoms with Crippen molar-refractivity contribution >= 4 is 11.8 Å². The third-order valence-corrected chi connectivity index (χ3v) is 3.98. The molecule has 90 valence electrons. The first-order valence-electron chi connectivity index (χ1n) is 6.14. The van der Waals surface area contributed by atoms with E-state index in [1.807, 2.05) is 0 Å². The van der Waals surface area contributed by atoms with Crippen LogP contribution < -0.4 is 5.32 Å². The Hall–Kier alpha value is -0.480. The number of aromatic nitrogens is 1. The molecule has 3 nitrogen and oxygen atoms in total. The van der Waals surface area contributed by atoms with E-state index in [4.69, 9.17) is 4.42 Å². The Morgan fingerprint density at radius 3 is 3.00 bits per heavy atom. The van der Waals surface area contributed by atoms with Crippen molar-refractivity contribution in [2.75, 3.05) is 6.54 Å². The highest BCUT2D eigenvalue weighted by Crippen LogP contribution is 2.22. The molecule has 1 aromatic heterocycles. The topological polar surface area (TPSA) is 38.1 Å². The van der Waals surface area contributed by atoms with Crippen LogP contribution >= 0.6 is 11.8 Å². The first-order chi connectivity index (χ1) is 7.84. The Morgan fingerprint density at radius 1 is 1.50 bits per heavy atom. The molecule has 1 atom stereocenters. The van der Waals surface area contributed by atoms with Crippen LogP contribution in [0, 0.1) is 0 Å². The van der Waals surface area contributed by atoms with E-state index in [0.29, 0.717) is 5.25 Å². The summed E-state index contributed by atoms with van der Waals surface area (Å²) in [6, 6.07) is 0.737. The maximum atomic E-state index is 5.22. The molecule has 16 heavy (non-hydrogen) atoms. The van der Waals surface area contributed by atoms with Crippen LogP contribution in [-0.2, 0) is 0 Å². The number of oxazole rings is 1. The highest BCUT2D eigenvalue weighted by Gasteiger charge is 2.14. The second kappa shape index (κ2) is 6.30. The van der Waals surface area contributed by atoms with Gasteiger partial charge in [-0.2, -0.15) is 0 Å². The predicted octanol–water partition coefficient (Wildman–Crippen LogP) is 3.08. The average molecular weight is 240 g/mol. The van der Waals surface area contributed by atoms with Crippen molar-refractivity contribution < 1.29 is 4.42 Å². The molecular weight excluding hydrogens is 220 g/mol. The molecule has 1 unspecified atom stereocenters. The van der Waals surface area contributed by atoms with Crippen LogP contribution in [0.1, 0.15) is 39.0 Å². The summed E-state index contributed by atoms with van der Waals surface area (Å²) in [5, 5.41) is 4.93. The van der Waals surface area contributed by atoms with Crippen molar-refractivity contribution in [1.82, 2.24) is 10.3 Å². The number of nitrogens with one attached hydrogen (secondary N) is 1. The minimum atomic E-state index is 0.514. The summed E-state index contributed by atoms with van der Waals surface area (Å²) in [6.07, 6.45) is 10.2. The quantitative estimate of drug-likeness (QED) is 0.803. The smallest absolute Gasteiger partial charge is 0.255 e. The highest BCUT2D eigenvalue weighted by molar-refractivity contribution is 7.99. The molecule has 0 aromatic carbocycles. The van der Waals surface area contributed by atoms with Gasteiger partial charge in [-0.25, -0.2) is 4.98 Å². The number of hydrogen-bond acceptors (Lipinski definition) is 4. The lowest BCUT2D eigenvalue weighted by Crippen LogP contribution is -2.35. The second-order valence-electron chi connectivity index (χ2n) is 4.47. The summed E-state index contributed by atoms with van der Waals surface area (Å²) in [6.45, 7) is 3.25. The van der Waals surface area contributed by atoms with Crippen molar-refractivity contribution in [3.05, 3.63) is 12.5 Å². The standard InChI is InChI=1S/C12H20N2OS/c1-10(16-12-13-7-8-15-12)9-14-11-5-3-2-4-6-11/h7-8,10-11,14H,2-6,9H2,1H3. The van der Waals surface area contributed by atoms with Gasteiger partial charge in [0.1, 0.15) is 6.26 Å². The summed E-state index contributed by atoms with van der Waals surface area (Å²) in [7, 11) is 0. The normalized spacial score (nSPS) is 19.8. The molecule has 0 aliphatic heterocycles. The van der Waals surface area contributed by atoms with Crippen LogP contribution in [0.2, 0.25) is 0 Å². The van der Waals surface area contributed by atoms with E-state index in [1.54, 1.807) is 24.2 Å². The Kier molecular flexibility index (Phi) is 4.72. The minimum Gasteiger partial charge on any atom is -0.440 e. The number of rotatable bonds is 5. The van der Waals surface area contributed by atoms with Gasteiger partial charge in [0.2, 0.25) is 0 Å². The van der Waals surface area contributed by atoms with Crippen LogP contribution in [0.15, 0.2) is 22.1 Å². The van der Waals surface area contributed by atoms with Crippen molar-refractivity contribution in [3.63, 3.8) is 0 Å². The fraction of sp³-hybridized carbons (Fsp3) is 0.750. The summed E-state index contributed by atoms with van der Waals surface area (Å²) >= 11 is 1.70. The lowest BCUT2D eigenvalue weighted by molar-refractivity contribution is 0.375. The van der Waals surface area contributed by atoms with Crippen LogP contribution in [0.25, 0.3) is 0 Å². The number of nitrogens with zero attached hydrogens (tertiary/aromatic N) is 1. The summed E-state index contributed by atoms with van der Waals surface area (Å²) in [5.41, 5.74) is 0. The molecule has 1 saturated carbocycles. The zero-order chi connectivity index (χ0) is 11.2. The molecule has 1 heterocycles. The molecular formula is C12H20N2OS. The molecule has 1 N–H and O–H groups in total. The van der Waals surface area contributed by atoms with Gasteiger partial charge in [-0.15, -0.1) is 0 Å². The van der Waals surface area contributed by atoms with Gasteiger partial charge in [-0.05, 0) is 12.8 Å². The molecule has 1 aliphatic carbocycles. The van der Waals surface area contributed by atoms with Crippen molar-refractivity contribution in [3.8, 4) is 0 Å². The van der Waals surface area contributed by atoms with Gasteiger partial charge in [0.05, 0.1) is 6.20 Å². The Bertz CT molecular complexity index is 283. The van der Waals surface area contributed by atoms with Crippen LogP contribution in [0.3, 0.4) is 0 Å². The third kappa shape index (κ3) is 3.83. The van der Waals surface area contributed by atoms with Crippen LogP contribution in [0.4, 0.5) is 0 Å².